The molecule has 178 valence electrons. The van der Waals surface area contributed by atoms with Gasteiger partial charge in [-0.05, 0) is 31.9 Å². The Balaban J connectivity index is 1.61. The molecule has 3 amide bonds. The maximum absolute atomic E-state index is 13.7. The van der Waals surface area contributed by atoms with Gasteiger partial charge in [0.2, 0.25) is 12.1 Å². The lowest BCUT2D eigenvalue weighted by Gasteiger charge is -2.21. The number of hydrogen-bond donors (Lipinski definition) is 2. The summed E-state index contributed by atoms with van der Waals surface area (Å²) in [5.41, 5.74) is 6.40. The van der Waals surface area contributed by atoms with E-state index >= 15 is 0 Å². The fourth-order valence-electron chi connectivity index (χ4n) is 4.87. The molecule has 0 radical (unpaired) electrons. The van der Waals surface area contributed by atoms with Crippen molar-refractivity contribution in [1.29, 1.82) is 0 Å². The summed E-state index contributed by atoms with van der Waals surface area (Å²) in [7, 11) is 1.62. The Morgan fingerprint density at radius 1 is 1.11 bits per heavy atom. The molecule has 1 aromatic heterocycles. The van der Waals surface area contributed by atoms with Gasteiger partial charge in [-0.2, -0.15) is 5.10 Å². The zero-order chi connectivity index (χ0) is 24.9. The number of hydrogen-bond acceptors (Lipinski definition) is 5. The van der Waals surface area contributed by atoms with Crippen molar-refractivity contribution in [1.82, 2.24) is 15.1 Å². The highest BCUT2D eigenvalue weighted by Gasteiger charge is 2.38. The second kappa shape index (κ2) is 8.50. The van der Waals surface area contributed by atoms with Gasteiger partial charge in [-0.25, -0.2) is 4.99 Å². The molecule has 3 aromatic rings. The van der Waals surface area contributed by atoms with Gasteiger partial charge >= 0.3 is 0 Å². The number of aromatic nitrogens is 2. The molecule has 2 aromatic carbocycles. The second-order valence-electron chi connectivity index (χ2n) is 8.89. The summed E-state index contributed by atoms with van der Waals surface area (Å²) in [5.74, 6) is -1.17. The van der Waals surface area contributed by atoms with Crippen LogP contribution >= 0.6 is 0 Å². The predicted octanol–water partition coefficient (Wildman–Crippen LogP) is 2.49. The van der Waals surface area contributed by atoms with Crippen LogP contribution in [0.3, 0.4) is 0 Å². The van der Waals surface area contributed by atoms with Gasteiger partial charge in [0.05, 0.1) is 22.8 Å². The van der Waals surface area contributed by atoms with E-state index < -0.39 is 12.1 Å². The molecule has 35 heavy (non-hydrogen) atoms. The standard InChI is InChI=1S/C26H26N6O3/c1-14-12-18-10-11-32-22(18)19(13-14)21(17-8-6-5-7-9-17)28-24(26(32)35)29-25(34)23-20(27-16(3)33)15(2)30-31(23)4/h5-9,12-13,24H,10-11H2,1-4H3,(H,27,33)(H,29,34). The lowest BCUT2D eigenvalue weighted by molar-refractivity contribution is -0.120. The van der Waals surface area contributed by atoms with Crippen LogP contribution in [0.4, 0.5) is 11.4 Å². The van der Waals surface area contributed by atoms with Crippen molar-refractivity contribution < 1.29 is 14.4 Å². The lowest BCUT2D eigenvalue weighted by atomic mass is 9.96. The van der Waals surface area contributed by atoms with Crippen LogP contribution in [0, 0.1) is 13.8 Å². The Labute approximate surface area is 202 Å². The van der Waals surface area contributed by atoms with E-state index in [0.29, 0.717) is 23.6 Å². The van der Waals surface area contributed by atoms with E-state index in [1.807, 2.05) is 43.3 Å². The number of carbonyl (C=O) groups is 3. The SMILES string of the molecule is CC(=O)Nc1c(C)nn(C)c1C(=O)NC1N=C(c2ccccc2)c2cc(C)cc3c2N(CC3)C1=O. The highest BCUT2D eigenvalue weighted by atomic mass is 16.2. The van der Waals surface area contributed by atoms with Crippen LogP contribution in [-0.4, -0.2) is 45.9 Å². The normalized spacial score (nSPS) is 16.5. The Hall–Kier alpha value is -4.27. The quantitative estimate of drug-likeness (QED) is 0.611. The molecule has 0 saturated carbocycles. The number of rotatable bonds is 4. The number of nitrogens with one attached hydrogen (secondary N) is 2. The lowest BCUT2D eigenvalue weighted by Crippen LogP contribution is -2.47. The number of aliphatic imine (C=N–C) groups is 1. The number of carbonyl (C=O) groups excluding carboxylic acids is 3. The third kappa shape index (κ3) is 3.88. The molecule has 9 heteroatoms. The van der Waals surface area contributed by atoms with E-state index in [1.165, 1.54) is 11.6 Å². The van der Waals surface area contributed by atoms with Crippen molar-refractivity contribution >= 4 is 34.8 Å². The van der Waals surface area contributed by atoms with Gasteiger partial charge in [-0.15, -0.1) is 0 Å². The first-order chi connectivity index (χ1) is 16.7. The number of benzene rings is 2. The van der Waals surface area contributed by atoms with E-state index in [-0.39, 0.29) is 17.5 Å². The van der Waals surface area contributed by atoms with Crippen molar-refractivity contribution in [3.63, 3.8) is 0 Å². The van der Waals surface area contributed by atoms with Crippen molar-refractivity contribution in [3.05, 3.63) is 76.1 Å². The topological polar surface area (TPSA) is 109 Å². The summed E-state index contributed by atoms with van der Waals surface area (Å²) < 4.78 is 1.39. The fraction of sp³-hybridized carbons (Fsp3) is 0.269. The van der Waals surface area contributed by atoms with E-state index in [2.05, 4.69) is 21.8 Å². The zero-order valence-electron chi connectivity index (χ0n) is 20.0. The minimum Gasteiger partial charge on any atom is -0.323 e. The maximum atomic E-state index is 13.7. The largest absolute Gasteiger partial charge is 0.323 e. The Bertz CT molecular complexity index is 1410. The molecule has 1 unspecified atom stereocenters. The molecule has 9 nitrogen and oxygen atoms in total. The molecule has 0 bridgehead atoms. The molecule has 5 rings (SSSR count). The maximum Gasteiger partial charge on any atom is 0.273 e. The van der Waals surface area contributed by atoms with Gasteiger partial charge in [0.15, 0.2) is 0 Å². The van der Waals surface area contributed by atoms with Crippen molar-refractivity contribution in [2.45, 2.75) is 33.4 Å². The monoisotopic (exact) mass is 470 g/mol. The molecule has 2 aliphatic heterocycles. The highest BCUT2D eigenvalue weighted by molar-refractivity contribution is 6.21. The number of amides is 3. The van der Waals surface area contributed by atoms with Gasteiger partial charge in [-0.3, -0.25) is 19.1 Å². The van der Waals surface area contributed by atoms with E-state index in [4.69, 9.17) is 4.99 Å². The fourth-order valence-corrected chi connectivity index (χ4v) is 4.87. The van der Waals surface area contributed by atoms with E-state index in [0.717, 1.165) is 34.4 Å². The summed E-state index contributed by atoms with van der Waals surface area (Å²) in [6.45, 7) is 5.62. The smallest absolute Gasteiger partial charge is 0.273 e. The summed E-state index contributed by atoms with van der Waals surface area (Å²) in [5, 5.41) is 9.74. The average Bonchev–Trinajstić information content (AvgIpc) is 3.32. The van der Waals surface area contributed by atoms with E-state index in [9.17, 15) is 14.4 Å². The number of nitrogens with zero attached hydrogens (tertiary/aromatic N) is 4. The Morgan fingerprint density at radius 3 is 2.57 bits per heavy atom. The van der Waals surface area contributed by atoms with Crippen molar-refractivity contribution in [2.75, 3.05) is 16.8 Å². The van der Waals surface area contributed by atoms with Gasteiger partial charge in [0.1, 0.15) is 5.69 Å². The first-order valence-electron chi connectivity index (χ1n) is 11.4. The van der Waals surface area contributed by atoms with Crippen LogP contribution in [-0.2, 0) is 23.1 Å². The summed E-state index contributed by atoms with van der Waals surface area (Å²) in [6, 6.07) is 13.8. The first-order valence-corrected chi connectivity index (χ1v) is 11.4. The summed E-state index contributed by atoms with van der Waals surface area (Å²) in [4.78, 5) is 45.3. The van der Waals surface area contributed by atoms with Crippen molar-refractivity contribution in [3.8, 4) is 0 Å². The van der Waals surface area contributed by atoms with Gasteiger partial charge in [-0.1, -0.05) is 42.0 Å². The van der Waals surface area contributed by atoms with Gasteiger partial charge in [0.25, 0.3) is 11.8 Å². The summed E-state index contributed by atoms with van der Waals surface area (Å²) in [6.07, 6.45) is -0.400. The predicted molar refractivity (Wildman–Crippen MR) is 133 cm³/mol. The molecule has 2 aliphatic rings. The molecule has 0 aliphatic carbocycles. The van der Waals surface area contributed by atoms with Crippen LogP contribution in [0.1, 0.15) is 45.4 Å². The third-order valence-corrected chi connectivity index (χ3v) is 6.27. The summed E-state index contributed by atoms with van der Waals surface area (Å²) >= 11 is 0. The van der Waals surface area contributed by atoms with E-state index in [1.54, 1.807) is 18.9 Å². The molecule has 1 atom stereocenters. The van der Waals surface area contributed by atoms with Gasteiger partial charge < -0.3 is 15.5 Å². The van der Waals surface area contributed by atoms with Crippen LogP contribution in [0.5, 0.6) is 0 Å². The van der Waals surface area contributed by atoms with Crippen molar-refractivity contribution in [2.24, 2.45) is 12.0 Å². The molecule has 0 fully saturated rings. The third-order valence-electron chi connectivity index (χ3n) is 6.27. The minimum absolute atomic E-state index is 0.154. The van der Waals surface area contributed by atoms with Crippen LogP contribution in [0.25, 0.3) is 0 Å². The second-order valence-corrected chi connectivity index (χ2v) is 8.89. The minimum atomic E-state index is -1.14. The van der Waals surface area contributed by atoms with Gasteiger partial charge in [0, 0.05) is 31.6 Å². The van der Waals surface area contributed by atoms with Crippen LogP contribution < -0.4 is 15.5 Å². The van der Waals surface area contributed by atoms with Crippen LogP contribution in [0.15, 0.2) is 47.5 Å². The Kier molecular flexibility index (Phi) is 5.47. The molecule has 0 saturated heterocycles. The Morgan fingerprint density at radius 2 is 1.86 bits per heavy atom. The molecule has 0 spiro atoms. The van der Waals surface area contributed by atoms with Crippen LogP contribution in [0.2, 0.25) is 0 Å². The molecular formula is C26H26N6O3. The first kappa shape index (κ1) is 22.5. The number of anilines is 2. The molecule has 3 heterocycles. The zero-order valence-corrected chi connectivity index (χ0v) is 20.0. The number of aryl methyl sites for hydroxylation is 3. The molecule has 2 N–H and O–H groups in total. The average molecular weight is 471 g/mol. The highest BCUT2D eigenvalue weighted by Crippen LogP contribution is 2.37. The molecular weight excluding hydrogens is 444 g/mol.